The fourth-order valence-electron chi connectivity index (χ4n) is 0.795. The van der Waals surface area contributed by atoms with Gasteiger partial charge in [-0.25, -0.2) is 9.97 Å². The summed E-state index contributed by atoms with van der Waals surface area (Å²) < 4.78 is 0. The molecule has 0 fully saturated rings. The van der Waals surface area contributed by atoms with E-state index in [0.717, 1.165) is 10.7 Å². The van der Waals surface area contributed by atoms with Crippen LogP contribution in [0, 0.1) is 6.92 Å². The van der Waals surface area contributed by atoms with E-state index < -0.39 is 0 Å². The van der Waals surface area contributed by atoms with Crippen molar-refractivity contribution in [1.29, 1.82) is 0 Å². The van der Waals surface area contributed by atoms with Crippen LogP contribution < -0.4 is 5.73 Å². The smallest absolute Gasteiger partial charge is 0.143 e. The van der Waals surface area contributed by atoms with Gasteiger partial charge in [-0.15, -0.1) is 11.8 Å². The molecule has 0 spiro atoms. The van der Waals surface area contributed by atoms with Gasteiger partial charge in [0.05, 0.1) is 11.6 Å². The highest BCUT2D eigenvalue weighted by atomic mass is 32.2. The summed E-state index contributed by atoms with van der Waals surface area (Å²) in [5.41, 5.74) is 6.38. The Bertz CT molecular complexity index is 227. The zero-order valence-electron chi connectivity index (χ0n) is 6.66. The Kier molecular flexibility index (Phi) is 2.84. The van der Waals surface area contributed by atoms with Crippen LogP contribution in [0.2, 0.25) is 0 Å². The summed E-state index contributed by atoms with van der Waals surface area (Å²) in [7, 11) is 0. The SMILES string of the molecule is CSc1cc(C)nc(CN)n1. The van der Waals surface area contributed by atoms with Crippen molar-refractivity contribution < 1.29 is 0 Å². The van der Waals surface area contributed by atoms with E-state index in [1.807, 2.05) is 19.2 Å². The van der Waals surface area contributed by atoms with Crippen molar-refractivity contribution in [2.75, 3.05) is 6.26 Å². The Morgan fingerprint density at radius 2 is 2.27 bits per heavy atom. The second-order valence-corrected chi connectivity index (χ2v) is 3.00. The Morgan fingerprint density at radius 1 is 1.55 bits per heavy atom. The molecule has 0 aliphatic heterocycles. The first-order valence-corrected chi connectivity index (χ1v) is 4.57. The van der Waals surface area contributed by atoms with E-state index in [2.05, 4.69) is 9.97 Å². The van der Waals surface area contributed by atoms with Crippen LogP contribution in [0.15, 0.2) is 11.1 Å². The van der Waals surface area contributed by atoms with Gasteiger partial charge in [-0.2, -0.15) is 0 Å². The molecule has 0 amide bonds. The van der Waals surface area contributed by atoms with Crippen molar-refractivity contribution in [2.24, 2.45) is 5.73 Å². The first-order chi connectivity index (χ1) is 5.26. The molecule has 1 rings (SSSR count). The molecule has 1 heterocycles. The second-order valence-electron chi connectivity index (χ2n) is 2.17. The molecule has 0 atom stereocenters. The number of thioether (sulfide) groups is 1. The van der Waals surface area contributed by atoms with Crippen molar-refractivity contribution >= 4 is 11.8 Å². The summed E-state index contributed by atoms with van der Waals surface area (Å²) in [6, 6.07) is 1.95. The van der Waals surface area contributed by atoms with E-state index in [9.17, 15) is 0 Å². The first-order valence-electron chi connectivity index (χ1n) is 3.35. The van der Waals surface area contributed by atoms with E-state index >= 15 is 0 Å². The Morgan fingerprint density at radius 3 is 2.82 bits per heavy atom. The molecular weight excluding hydrogens is 158 g/mol. The third-order valence-corrected chi connectivity index (χ3v) is 1.90. The van der Waals surface area contributed by atoms with Crippen LogP contribution in [0.1, 0.15) is 11.5 Å². The molecule has 0 unspecified atom stereocenters. The van der Waals surface area contributed by atoms with Gasteiger partial charge in [-0.1, -0.05) is 0 Å². The average Bonchev–Trinajstić information content (AvgIpc) is 2.03. The van der Waals surface area contributed by atoms with Crippen molar-refractivity contribution in [3.8, 4) is 0 Å². The Labute approximate surface area is 70.4 Å². The summed E-state index contributed by atoms with van der Waals surface area (Å²) in [4.78, 5) is 8.35. The summed E-state index contributed by atoms with van der Waals surface area (Å²) in [6.45, 7) is 2.36. The molecule has 2 N–H and O–H groups in total. The van der Waals surface area contributed by atoms with Gasteiger partial charge >= 0.3 is 0 Å². The molecule has 0 saturated carbocycles. The lowest BCUT2D eigenvalue weighted by atomic mass is 10.4. The van der Waals surface area contributed by atoms with Gasteiger partial charge in [0, 0.05) is 5.69 Å². The number of aromatic nitrogens is 2. The molecule has 0 bridgehead atoms. The predicted molar refractivity (Wildman–Crippen MR) is 46.4 cm³/mol. The lowest BCUT2D eigenvalue weighted by molar-refractivity contribution is 0.849. The van der Waals surface area contributed by atoms with E-state index in [4.69, 9.17) is 5.73 Å². The quantitative estimate of drug-likeness (QED) is 0.529. The number of nitrogens with two attached hydrogens (primary N) is 1. The average molecular weight is 169 g/mol. The maximum atomic E-state index is 5.41. The zero-order valence-corrected chi connectivity index (χ0v) is 7.48. The lowest BCUT2D eigenvalue weighted by Crippen LogP contribution is -2.04. The van der Waals surface area contributed by atoms with Crippen LogP contribution in [-0.2, 0) is 6.54 Å². The minimum absolute atomic E-state index is 0.412. The highest BCUT2D eigenvalue weighted by Crippen LogP contribution is 2.11. The van der Waals surface area contributed by atoms with Crippen LogP contribution in [0.5, 0.6) is 0 Å². The standard InChI is InChI=1S/C7H11N3S/c1-5-3-7(11-2)10-6(4-8)9-5/h3H,4,8H2,1-2H3. The van der Waals surface area contributed by atoms with E-state index in [0.29, 0.717) is 12.4 Å². The maximum Gasteiger partial charge on any atom is 0.143 e. The van der Waals surface area contributed by atoms with E-state index in [-0.39, 0.29) is 0 Å². The topological polar surface area (TPSA) is 51.8 Å². The number of hydrogen-bond acceptors (Lipinski definition) is 4. The number of hydrogen-bond donors (Lipinski definition) is 1. The van der Waals surface area contributed by atoms with Gasteiger partial charge in [0.15, 0.2) is 0 Å². The summed E-state index contributed by atoms with van der Waals surface area (Å²) in [5.74, 6) is 0.717. The van der Waals surface area contributed by atoms with Gasteiger partial charge in [0.2, 0.25) is 0 Å². The van der Waals surface area contributed by atoms with E-state index in [1.165, 1.54) is 0 Å². The summed E-state index contributed by atoms with van der Waals surface area (Å²) >= 11 is 1.61. The molecule has 0 aliphatic carbocycles. The monoisotopic (exact) mass is 169 g/mol. The number of nitrogens with zero attached hydrogens (tertiary/aromatic N) is 2. The molecule has 0 aromatic carbocycles. The maximum absolute atomic E-state index is 5.41. The highest BCUT2D eigenvalue weighted by molar-refractivity contribution is 7.98. The Balaban J connectivity index is 3.02. The second kappa shape index (κ2) is 3.69. The molecule has 1 aromatic heterocycles. The molecule has 4 heteroatoms. The van der Waals surface area contributed by atoms with Gasteiger partial charge in [0.1, 0.15) is 5.82 Å². The third-order valence-electron chi connectivity index (χ3n) is 1.27. The molecule has 0 aliphatic rings. The molecule has 3 nitrogen and oxygen atoms in total. The number of aryl methyl sites for hydroxylation is 1. The molecule has 11 heavy (non-hydrogen) atoms. The molecule has 60 valence electrons. The lowest BCUT2D eigenvalue weighted by Gasteiger charge is -2.00. The molecule has 0 saturated heterocycles. The van der Waals surface area contributed by atoms with Crippen LogP contribution >= 0.6 is 11.8 Å². The fourth-order valence-corrected chi connectivity index (χ4v) is 1.28. The zero-order chi connectivity index (χ0) is 8.27. The van der Waals surface area contributed by atoms with Gasteiger partial charge in [-0.05, 0) is 19.2 Å². The fraction of sp³-hybridized carbons (Fsp3) is 0.429. The minimum atomic E-state index is 0.412. The van der Waals surface area contributed by atoms with Crippen LogP contribution in [0.3, 0.4) is 0 Å². The van der Waals surface area contributed by atoms with Crippen LogP contribution in [0.25, 0.3) is 0 Å². The highest BCUT2D eigenvalue weighted by Gasteiger charge is 1.97. The first kappa shape index (κ1) is 8.49. The van der Waals surface area contributed by atoms with Crippen LogP contribution in [0.4, 0.5) is 0 Å². The van der Waals surface area contributed by atoms with Crippen molar-refractivity contribution in [3.05, 3.63) is 17.6 Å². The van der Waals surface area contributed by atoms with Crippen LogP contribution in [-0.4, -0.2) is 16.2 Å². The molecular formula is C7H11N3S. The van der Waals surface area contributed by atoms with E-state index in [1.54, 1.807) is 11.8 Å². The summed E-state index contributed by atoms with van der Waals surface area (Å²) in [6.07, 6.45) is 1.99. The Hall–Kier alpha value is -0.610. The van der Waals surface area contributed by atoms with Gasteiger partial charge < -0.3 is 5.73 Å². The number of rotatable bonds is 2. The van der Waals surface area contributed by atoms with Gasteiger partial charge in [0.25, 0.3) is 0 Å². The normalized spacial score (nSPS) is 10.1. The molecule has 0 radical (unpaired) electrons. The van der Waals surface area contributed by atoms with Crippen molar-refractivity contribution in [1.82, 2.24) is 9.97 Å². The van der Waals surface area contributed by atoms with Gasteiger partial charge in [-0.3, -0.25) is 0 Å². The third kappa shape index (κ3) is 2.17. The predicted octanol–water partition coefficient (Wildman–Crippen LogP) is 0.966. The minimum Gasteiger partial charge on any atom is -0.324 e. The van der Waals surface area contributed by atoms with Crippen molar-refractivity contribution in [3.63, 3.8) is 0 Å². The van der Waals surface area contributed by atoms with Crippen molar-refractivity contribution in [2.45, 2.75) is 18.5 Å². The summed E-state index contributed by atoms with van der Waals surface area (Å²) in [5, 5.41) is 0.984. The molecule has 1 aromatic rings. The largest absolute Gasteiger partial charge is 0.324 e.